The van der Waals surface area contributed by atoms with Gasteiger partial charge in [-0.3, -0.25) is 14.5 Å². The Balaban J connectivity index is 1.73. The van der Waals surface area contributed by atoms with Crippen molar-refractivity contribution in [2.45, 2.75) is 52.2 Å². The summed E-state index contributed by atoms with van der Waals surface area (Å²) < 4.78 is 11.4. The first-order chi connectivity index (χ1) is 20.4. The zero-order valence-corrected chi connectivity index (χ0v) is 25.3. The van der Waals surface area contributed by atoms with Gasteiger partial charge < -0.3 is 19.7 Å². The minimum atomic E-state index is -0.779. The number of amides is 3. The SMILES string of the molecule is C=C(C#N)CN(C(=O)OC(C)(C)C)c1c(OC)ccc2ccc(-c3cccc(C(=O)N[C@@H]4CCCN(C(C)=O)C4)n3)cc12. The van der Waals surface area contributed by atoms with Crippen LogP contribution in [0.1, 0.15) is 51.0 Å². The zero-order valence-electron chi connectivity index (χ0n) is 25.3. The Morgan fingerprint density at radius 1 is 1.19 bits per heavy atom. The van der Waals surface area contributed by atoms with Crippen molar-refractivity contribution in [1.29, 1.82) is 5.26 Å². The molecule has 0 unspecified atom stereocenters. The summed E-state index contributed by atoms with van der Waals surface area (Å²) in [6, 6.07) is 16.4. The van der Waals surface area contributed by atoms with Crippen molar-refractivity contribution in [2.75, 3.05) is 31.6 Å². The van der Waals surface area contributed by atoms with Gasteiger partial charge in [-0.2, -0.15) is 5.26 Å². The highest BCUT2D eigenvalue weighted by atomic mass is 16.6. The zero-order chi connectivity index (χ0) is 31.3. The lowest BCUT2D eigenvalue weighted by Gasteiger charge is -2.32. The van der Waals surface area contributed by atoms with Gasteiger partial charge in [0.05, 0.1) is 31.1 Å². The highest BCUT2D eigenvalue weighted by Crippen LogP contribution is 2.39. The van der Waals surface area contributed by atoms with Gasteiger partial charge in [-0.1, -0.05) is 30.8 Å². The molecular weight excluding hydrogens is 546 g/mol. The number of rotatable bonds is 7. The average molecular weight is 584 g/mol. The molecule has 1 aromatic heterocycles. The minimum absolute atomic E-state index is 0.00597. The molecule has 0 bridgehead atoms. The van der Waals surface area contributed by atoms with Crippen LogP contribution >= 0.6 is 0 Å². The number of nitrogens with zero attached hydrogens (tertiary/aromatic N) is 4. The van der Waals surface area contributed by atoms with Crippen LogP contribution in [0, 0.1) is 11.3 Å². The third-order valence-corrected chi connectivity index (χ3v) is 7.05. The van der Waals surface area contributed by atoms with Crippen LogP contribution in [0.4, 0.5) is 10.5 Å². The first kappa shape index (κ1) is 31.0. The van der Waals surface area contributed by atoms with Crippen molar-refractivity contribution in [2.24, 2.45) is 0 Å². The standard InChI is InChI=1S/C33H37N5O5/c1-21(18-34)19-38(32(41)43-33(3,4)5)30-26-17-24(13-12-23(26)14-15-29(30)42-6)27-10-7-11-28(36-27)31(40)35-25-9-8-16-37(20-25)22(2)39/h7,10-15,17,25H,1,8-9,16,19-20H2,2-6H3,(H,35,40)/t25-/m1/s1. The summed E-state index contributed by atoms with van der Waals surface area (Å²) >= 11 is 0. The van der Waals surface area contributed by atoms with Crippen molar-refractivity contribution < 1.29 is 23.9 Å². The van der Waals surface area contributed by atoms with Crippen molar-refractivity contribution in [3.05, 3.63) is 66.4 Å². The van der Waals surface area contributed by atoms with E-state index in [2.05, 4.69) is 16.9 Å². The van der Waals surface area contributed by atoms with Crippen molar-refractivity contribution in [3.63, 3.8) is 0 Å². The number of aromatic nitrogens is 1. The van der Waals surface area contributed by atoms with Crippen LogP contribution in [0.3, 0.4) is 0 Å². The Hall–Kier alpha value is -4.91. The summed E-state index contributed by atoms with van der Waals surface area (Å²) in [6.45, 7) is 11.7. The molecule has 1 aliphatic rings. The fraction of sp³-hybridized carbons (Fsp3) is 0.364. The van der Waals surface area contributed by atoms with E-state index in [1.54, 1.807) is 49.9 Å². The lowest BCUT2D eigenvalue weighted by atomic mass is 10.0. The molecule has 1 fully saturated rings. The summed E-state index contributed by atoms with van der Waals surface area (Å²) in [4.78, 5) is 46.1. The normalized spacial score (nSPS) is 14.9. The number of likely N-dealkylation sites (tertiary alicyclic amines) is 1. The Bertz CT molecular complexity index is 1600. The number of carbonyl (C=O) groups excluding carboxylic acids is 3. The quantitative estimate of drug-likeness (QED) is 0.366. The molecular formula is C33H37N5O5. The maximum Gasteiger partial charge on any atom is 0.415 e. The fourth-order valence-corrected chi connectivity index (χ4v) is 5.03. The molecule has 2 aromatic carbocycles. The van der Waals surface area contributed by atoms with Gasteiger partial charge in [0.2, 0.25) is 5.91 Å². The predicted octanol–water partition coefficient (Wildman–Crippen LogP) is 5.47. The maximum absolute atomic E-state index is 13.4. The molecule has 2 heterocycles. The van der Waals surface area contributed by atoms with E-state index >= 15 is 0 Å². The molecule has 224 valence electrons. The number of carbonyl (C=O) groups is 3. The van der Waals surface area contributed by atoms with E-state index < -0.39 is 11.7 Å². The average Bonchev–Trinajstić information content (AvgIpc) is 2.98. The number of benzene rings is 2. The first-order valence-electron chi connectivity index (χ1n) is 14.1. The van der Waals surface area contributed by atoms with Gasteiger partial charge in [-0.25, -0.2) is 9.78 Å². The van der Waals surface area contributed by atoms with E-state index in [0.717, 1.165) is 18.2 Å². The molecule has 10 nitrogen and oxygen atoms in total. The number of hydrogen-bond donors (Lipinski definition) is 1. The van der Waals surface area contributed by atoms with Crippen molar-refractivity contribution in [1.82, 2.24) is 15.2 Å². The summed E-state index contributed by atoms with van der Waals surface area (Å²) in [5.74, 6) is 0.0921. The van der Waals surface area contributed by atoms with E-state index in [1.165, 1.54) is 18.9 Å². The molecule has 1 N–H and O–H groups in total. The Kier molecular flexibility index (Phi) is 9.34. The van der Waals surface area contributed by atoms with Crippen LogP contribution in [-0.2, 0) is 9.53 Å². The van der Waals surface area contributed by atoms with Gasteiger partial charge in [-0.05, 0) is 63.3 Å². The Morgan fingerprint density at radius 2 is 1.93 bits per heavy atom. The van der Waals surface area contributed by atoms with Crippen LogP contribution in [0.2, 0.25) is 0 Å². The maximum atomic E-state index is 13.4. The summed E-state index contributed by atoms with van der Waals surface area (Å²) in [5.41, 5.74) is 1.34. The number of nitrogens with one attached hydrogen (secondary N) is 1. The number of hydrogen-bond acceptors (Lipinski definition) is 7. The van der Waals surface area contributed by atoms with Crippen LogP contribution in [0.15, 0.2) is 60.7 Å². The van der Waals surface area contributed by atoms with E-state index in [1.807, 2.05) is 30.3 Å². The van der Waals surface area contributed by atoms with E-state index in [9.17, 15) is 19.6 Å². The minimum Gasteiger partial charge on any atom is -0.495 e. The molecule has 0 saturated carbocycles. The van der Waals surface area contributed by atoms with E-state index in [-0.39, 0.29) is 35.7 Å². The van der Waals surface area contributed by atoms with Gasteiger partial charge in [0, 0.05) is 42.6 Å². The van der Waals surface area contributed by atoms with Gasteiger partial charge in [0.15, 0.2) is 0 Å². The Labute approximate surface area is 251 Å². The molecule has 3 amide bonds. The molecule has 1 saturated heterocycles. The third kappa shape index (κ3) is 7.49. The number of pyridine rings is 1. The van der Waals surface area contributed by atoms with Crippen LogP contribution < -0.4 is 15.0 Å². The van der Waals surface area contributed by atoms with Crippen LogP contribution in [0.25, 0.3) is 22.0 Å². The molecule has 4 rings (SSSR count). The Morgan fingerprint density at radius 3 is 2.60 bits per heavy atom. The lowest BCUT2D eigenvalue weighted by Crippen LogP contribution is -2.49. The van der Waals surface area contributed by atoms with Gasteiger partial charge in [0.25, 0.3) is 5.91 Å². The summed E-state index contributed by atoms with van der Waals surface area (Å²) in [7, 11) is 1.51. The second kappa shape index (κ2) is 12.9. The number of anilines is 1. The molecule has 43 heavy (non-hydrogen) atoms. The van der Waals surface area contributed by atoms with Gasteiger partial charge in [0.1, 0.15) is 17.0 Å². The fourth-order valence-electron chi connectivity index (χ4n) is 5.03. The number of nitriles is 1. The monoisotopic (exact) mass is 583 g/mol. The largest absolute Gasteiger partial charge is 0.495 e. The van der Waals surface area contributed by atoms with E-state index in [4.69, 9.17) is 9.47 Å². The predicted molar refractivity (Wildman–Crippen MR) is 165 cm³/mol. The first-order valence-corrected chi connectivity index (χ1v) is 14.1. The smallest absolute Gasteiger partial charge is 0.415 e. The van der Waals surface area contributed by atoms with E-state index in [0.29, 0.717) is 41.2 Å². The second-order valence-electron chi connectivity index (χ2n) is 11.5. The number of ether oxygens (including phenoxy) is 2. The number of methoxy groups -OCH3 is 1. The topological polar surface area (TPSA) is 125 Å². The second-order valence-corrected chi connectivity index (χ2v) is 11.5. The summed E-state index contributed by atoms with van der Waals surface area (Å²) in [5, 5.41) is 14.0. The van der Waals surface area contributed by atoms with Gasteiger partial charge in [-0.15, -0.1) is 0 Å². The molecule has 0 radical (unpaired) electrons. The highest BCUT2D eigenvalue weighted by molar-refractivity contribution is 6.06. The molecule has 3 aromatic rings. The summed E-state index contributed by atoms with van der Waals surface area (Å²) in [6.07, 6.45) is 0.961. The number of piperidine rings is 1. The molecule has 0 spiro atoms. The molecule has 10 heteroatoms. The highest BCUT2D eigenvalue weighted by Gasteiger charge is 2.28. The molecule has 1 aliphatic heterocycles. The van der Waals surface area contributed by atoms with Crippen molar-refractivity contribution >= 4 is 34.4 Å². The van der Waals surface area contributed by atoms with Crippen molar-refractivity contribution in [3.8, 4) is 23.1 Å². The van der Waals surface area contributed by atoms with Crippen LogP contribution in [0.5, 0.6) is 5.75 Å². The van der Waals surface area contributed by atoms with Gasteiger partial charge >= 0.3 is 6.09 Å². The lowest BCUT2D eigenvalue weighted by molar-refractivity contribution is -0.130. The van der Waals surface area contributed by atoms with Crippen LogP contribution in [-0.4, -0.2) is 66.2 Å². The number of fused-ring (bicyclic) bond motifs is 1. The molecule has 0 aliphatic carbocycles. The molecule has 1 atom stereocenters. The third-order valence-electron chi connectivity index (χ3n) is 7.05.